The third-order valence-corrected chi connectivity index (χ3v) is 8.15. The van der Waals surface area contributed by atoms with E-state index < -0.39 is 10.0 Å². The Morgan fingerprint density at radius 3 is 2.61 bits per heavy atom. The minimum absolute atomic E-state index is 0.00431. The molecule has 1 aromatic heterocycles. The van der Waals surface area contributed by atoms with Crippen molar-refractivity contribution in [2.45, 2.75) is 23.6 Å². The van der Waals surface area contributed by atoms with Crippen LogP contribution >= 0.6 is 50.6 Å². The van der Waals surface area contributed by atoms with E-state index in [1.165, 1.54) is 10.4 Å². The van der Waals surface area contributed by atoms with Crippen LogP contribution in [0.25, 0.3) is 0 Å². The van der Waals surface area contributed by atoms with E-state index in [4.69, 9.17) is 11.6 Å². The molecule has 0 fully saturated rings. The third-order valence-electron chi connectivity index (χ3n) is 2.60. The minimum Gasteiger partial charge on any atom is -0.206 e. The summed E-state index contributed by atoms with van der Waals surface area (Å²) < 4.78 is 27.2. The van der Waals surface area contributed by atoms with Crippen LogP contribution in [0, 0.1) is 0 Å². The SMILES string of the molecule is CCC(CSC)N(C)S(=O)(=O)c1cc(Cl)c(Br)s1. The van der Waals surface area contributed by atoms with Gasteiger partial charge in [0.15, 0.2) is 0 Å². The van der Waals surface area contributed by atoms with Gasteiger partial charge in [0.2, 0.25) is 0 Å². The molecule has 1 unspecified atom stereocenters. The molecule has 1 aromatic rings. The second-order valence-corrected chi connectivity index (χ2v) is 9.64. The summed E-state index contributed by atoms with van der Waals surface area (Å²) in [6.07, 6.45) is 2.76. The summed E-state index contributed by atoms with van der Waals surface area (Å²) in [5.74, 6) is 0.784. The molecule has 18 heavy (non-hydrogen) atoms. The van der Waals surface area contributed by atoms with Crippen molar-refractivity contribution in [2.75, 3.05) is 19.1 Å². The Hall–Kier alpha value is 0.730. The zero-order valence-corrected chi connectivity index (χ0v) is 15.1. The van der Waals surface area contributed by atoms with Crippen LogP contribution in [0.2, 0.25) is 5.02 Å². The zero-order chi connectivity index (χ0) is 13.9. The first-order valence-corrected chi connectivity index (χ1v) is 10.1. The Bertz CT molecular complexity index is 484. The van der Waals surface area contributed by atoms with Gasteiger partial charge in [0, 0.05) is 18.8 Å². The minimum atomic E-state index is -3.45. The van der Waals surface area contributed by atoms with Crippen molar-refractivity contribution < 1.29 is 8.42 Å². The largest absolute Gasteiger partial charge is 0.252 e. The van der Waals surface area contributed by atoms with E-state index in [0.29, 0.717) is 8.81 Å². The van der Waals surface area contributed by atoms with Crippen LogP contribution in [-0.2, 0) is 10.0 Å². The lowest BCUT2D eigenvalue weighted by molar-refractivity contribution is 0.386. The number of halogens is 2. The van der Waals surface area contributed by atoms with Gasteiger partial charge in [-0.1, -0.05) is 18.5 Å². The van der Waals surface area contributed by atoms with E-state index in [1.54, 1.807) is 18.8 Å². The summed E-state index contributed by atoms with van der Waals surface area (Å²) in [4.78, 5) is 0. The highest BCUT2D eigenvalue weighted by Gasteiger charge is 2.28. The molecule has 1 heterocycles. The van der Waals surface area contributed by atoms with E-state index in [2.05, 4.69) is 15.9 Å². The predicted molar refractivity (Wildman–Crippen MR) is 84.4 cm³/mol. The molecule has 0 aliphatic carbocycles. The fourth-order valence-electron chi connectivity index (χ4n) is 1.46. The molecule has 0 spiro atoms. The van der Waals surface area contributed by atoms with Gasteiger partial charge in [-0.15, -0.1) is 11.3 Å². The molecule has 0 radical (unpaired) electrons. The van der Waals surface area contributed by atoms with Crippen LogP contribution < -0.4 is 0 Å². The lowest BCUT2D eigenvalue weighted by atomic mass is 10.3. The quantitative estimate of drug-likeness (QED) is 0.736. The highest BCUT2D eigenvalue weighted by Crippen LogP contribution is 2.36. The molecule has 0 aromatic carbocycles. The van der Waals surface area contributed by atoms with Crippen LogP contribution in [0.4, 0.5) is 0 Å². The molecule has 0 saturated heterocycles. The molecule has 0 aliphatic rings. The second-order valence-electron chi connectivity index (χ2n) is 3.73. The molecular formula is C10H15BrClNO2S3. The molecule has 104 valence electrons. The number of thiophene rings is 1. The van der Waals surface area contributed by atoms with Crippen molar-refractivity contribution in [1.82, 2.24) is 4.31 Å². The maximum atomic E-state index is 12.4. The summed E-state index contributed by atoms with van der Waals surface area (Å²) in [5, 5.41) is 0.435. The van der Waals surface area contributed by atoms with Gasteiger partial charge in [-0.05, 0) is 34.7 Å². The molecule has 1 rings (SSSR count). The van der Waals surface area contributed by atoms with Crippen LogP contribution in [-0.4, -0.2) is 37.8 Å². The summed E-state index contributed by atoms with van der Waals surface area (Å²) in [6, 6.07) is 1.50. The number of hydrogen-bond acceptors (Lipinski definition) is 4. The number of thioether (sulfide) groups is 1. The summed E-state index contributed by atoms with van der Waals surface area (Å²) in [6.45, 7) is 1.99. The topological polar surface area (TPSA) is 37.4 Å². The number of nitrogens with zero attached hydrogens (tertiary/aromatic N) is 1. The van der Waals surface area contributed by atoms with E-state index in [1.807, 2.05) is 13.2 Å². The molecule has 0 N–H and O–H groups in total. The van der Waals surface area contributed by atoms with E-state index in [9.17, 15) is 8.42 Å². The van der Waals surface area contributed by atoms with Gasteiger partial charge in [-0.25, -0.2) is 8.42 Å². The van der Waals surface area contributed by atoms with Gasteiger partial charge >= 0.3 is 0 Å². The van der Waals surface area contributed by atoms with Gasteiger partial charge in [-0.3, -0.25) is 0 Å². The van der Waals surface area contributed by atoms with Gasteiger partial charge in [0.05, 0.1) is 8.81 Å². The van der Waals surface area contributed by atoms with Gasteiger partial charge in [0.1, 0.15) is 4.21 Å². The molecule has 1 atom stereocenters. The Balaban J connectivity index is 3.05. The molecule has 0 amide bonds. The molecular weight excluding hydrogens is 378 g/mol. The smallest absolute Gasteiger partial charge is 0.206 e. The summed E-state index contributed by atoms with van der Waals surface area (Å²) >= 11 is 11.9. The highest BCUT2D eigenvalue weighted by atomic mass is 79.9. The van der Waals surface area contributed by atoms with E-state index >= 15 is 0 Å². The fraction of sp³-hybridized carbons (Fsp3) is 0.600. The summed E-state index contributed by atoms with van der Waals surface area (Å²) in [5.41, 5.74) is 0. The predicted octanol–water partition coefficient (Wildman–Crippen LogP) is 3.93. The van der Waals surface area contributed by atoms with Crippen LogP contribution in [0.1, 0.15) is 13.3 Å². The Morgan fingerprint density at radius 2 is 2.22 bits per heavy atom. The first-order valence-electron chi connectivity index (χ1n) is 5.26. The van der Waals surface area contributed by atoms with Crippen molar-refractivity contribution in [2.24, 2.45) is 0 Å². The lowest BCUT2D eigenvalue weighted by Gasteiger charge is -2.25. The van der Waals surface area contributed by atoms with Crippen LogP contribution in [0.3, 0.4) is 0 Å². The first kappa shape index (κ1) is 16.8. The Kier molecular flexibility index (Phi) is 6.48. The van der Waals surface area contributed by atoms with Crippen molar-refractivity contribution in [3.05, 3.63) is 14.9 Å². The lowest BCUT2D eigenvalue weighted by Crippen LogP contribution is -2.37. The molecule has 0 aliphatic heterocycles. The normalized spacial score (nSPS) is 14.1. The zero-order valence-electron chi connectivity index (χ0n) is 10.3. The Labute approximate surface area is 130 Å². The second kappa shape index (κ2) is 6.95. The van der Waals surface area contributed by atoms with Crippen LogP contribution in [0.5, 0.6) is 0 Å². The summed E-state index contributed by atoms with van der Waals surface area (Å²) in [7, 11) is -1.82. The number of hydrogen-bond donors (Lipinski definition) is 0. The number of rotatable bonds is 6. The average molecular weight is 393 g/mol. The fourth-order valence-corrected chi connectivity index (χ4v) is 6.42. The van der Waals surface area contributed by atoms with Crippen molar-refractivity contribution >= 4 is 60.7 Å². The highest BCUT2D eigenvalue weighted by molar-refractivity contribution is 9.11. The molecule has 8 heteroatoms. The van der Waals surface area contributed by atoms with Gasteiger partial charge in [0.25, 0.3) is 10.0 Å². The molecule has 0 bridgehead atoms. The maximum absolute atomic E-state index is 12.4. The van der Waals surface area contributed by atoms with E-state index in [0.717, 1.165) is 23.5 Å². The van der Waals surface area contributed by atoms with Gasteiger partial charge < -0.3 is 0 Å². The van der Waals surface area contributed by atoms with Crippen molar-refractivity contribution in [3.63, 3.8) is 0 Å². The molecule has 3 nitrogen and oxygen atoms in total. The monoisotopic (exact) mass is 391 g/mol. The maximum Gasteiger partial charge on any atom is 0.252 e. The van der Waals surface area contributed by atoms with Crippen molar-refractivity contribution in [1.29, 1.82) is 0 Å². The first-order chi connectivity index (χ1) is 8.34. The standard InChI is InChI=1S/C10H15BrClNO2S3/c1-4-7(6-16-3)13(2)18(14,15)9-5-8(12)10(11)17-9/h5,7H,4,6H2,1-3H3. The number of sulfonamides is 1. The Morgan fingerprint density at radius 1 is 1.61 bits per heavy atom. The van der Waals surface area contributed by atoms with Gasteiger partial charge in [-0.2, -0.15) is 16.1 Å². The molecule has 0 saturated carbocycles. The van der Waals surface area contributed by atoms with E-state index in [-0.39, 0.29) is 10.3 Å². The van der Waals surface area contributed by atoms with Crippen LogP contribution in [0.15, 0.2) is 14.1 Å². The van der Waals surface area contributed by atoms with Crippen molar-refractivity contribution in [3.8, 4) is 0 Å². The average Bonchev–Trinajstić information content (AvgIpc) is 2.66. The third kappa shape index (κ3) is 3.64.